The highest BCUT2D eigenvalue weighted by Crippen LogP contribution is 2.26. The lowest BCUT2D eigenvalue weighted by atomic mass is 9.91. The summed E-state index contributed by atoms with van der Waals surface area (Å²) in [5.74, 6) is 1.55. The van der Waals surface area contributed by atoms with Crippen molar-refractivity contribution < 1.29 is 9.53 Å². The van der Waals surface area contributed by atoms with Gasteiger partial charge in [-0.15, -0.1) is 0 Å². The number of piperidine rings is 2. The van der Waals surface area contributed by atoms with Crippen LogP contribution in [0, 0.1) is 19.8 Å². The fourth-order valence-corrected chi connectivity index (χ4v) is 3.82. The number of benzene rings is 1. The van der Waals surface area contributed by atoms with Crippen molar-refractivity contribution in [2.75, 3.05) is 19.6 Å². The third-order valence-electron chi connectivity index (χ3n) is 5.36. The molecule has 4 heteroatoms. The van der Waals surface area contributed by atoms with Gasteiger partial charge in [-0.05, 0) is 57.4 Å². The monoisotopic (exact) mass is 330 g/mol. The van der Waals surface area contributed by atoms with E-state index in [2.05, 4.69) is 49.2 Å². The number of ether oxygens (including phenoxy) is 1. The first-order chi connectivity index (χ1) is 11.5. The van der Waals surface area contributed by atoms with Gasteiger partial charge in [0.15, 0.2) is 0 Å². The number of likely N-dealkylation sites (tertiary alicyclic amines) is 1. The number of nitrogens with one attached hydrogen (secondary N) is 1. The summed E-state index contributed by atoms with van der Waals surface area (Å²) in [5.41, 5.74) is 2.41. The van der Waals surface area contributed by atoms with Gasteiger partial charge in [0.05, 0.1) is 0 Å². The van der Waals surface area contributed by atoms with Crippen LogP contribution in [0.15, 0.2) is 18.2 Å². The normalized spacial score (nSPS) is 25.5. The van der Waals surface area contributed by atoms with Gasteiger partial charge in [-0.25, -0.2) is 0 Å². The van der Waals surface area contributed by atoms with E-state index in [0.717, 1.165) is 51.1 Å². The van der Waals surface area contributed by atoms with E-state index < -0.39 is 0 Å². The highest BCUT2D eigenvalue weighted by molar-refractivity contribution is 5.79. The number of carbonyl (C=O) groups excluding carboxylic acids is 1. The highest BCUT2D eigenvalue weighted by atomic mass is 16.5. The Bertz CT molecular complexity index is 579. The fraction of sp³-hybridized carbons (Fsp3) is 0.650. The molecule has 1 amide bonds. The van der Waals surface area contributed by atoms with Crippen molar-refractivity contribution in [3.05, 3.63) is 29.3 Å². The molecule has 0 spiro atoms. The molecule has 2 heterocycles. The molecule has 3 rings (SSSR count). The minimum absolute atomic E-state index is 0.206. The van der Waals surface area contributed by atoms with Crippen LogP contribution in [0.25, 0.3) is 0 Å². The molecule has 0 aliphatic carbocycles. The minimum Gasteiger partial charge on any atom is -0.490 e. The molecule has 2 saturated heterocycles. The molecule has 2 fully saturated rings. The van der Waals surface area contributed by atoms with Crippen LogP contribution < -0.4 is 10.1 Å². The molecule has 0 aromatic heterocycles. The van der Waals surface area contributed by atoms with Crippen LogP contribution in [-0.2, 0) is 4.79 Å². The summed E-state index contributed by atoms with van der Waals surface area (Å²) < 4.78 is 6.21. The predicted molar refractivity (Wildman–Crippen MR) is 96.3 cm³/mol. The van der Waals surface area contributed by atoms with Gasteiger partial charge < -0.3 is 15.0 Å². The summed E-state index contributed by atoms with van der Waals surface area (Å²) in [6.45, 7) is 8.96. The Morgan fingerprint density at radius 3 is 2.67 bits per heavy atom. The van der Waals surface area contributed by atoms with E-state index in [1.165, 1.54) is 11.1 Å². The van der Waals surface area contributed by atoms with Crippen LogP contribution in [-0.4, -0.2) is 42.6 Å². The van der Waals surface area contributed by atoms with Crippen LogP contribution >= 0.6 is 0 Å². The van der Waals surface area contributed by atoms with Gasteiger partial charge in [0, 0.05) is 37.9 Å². The van der Waals surface area contributed by atoms with Crippen molar-refractivity contribution in [1.29, 1.82) is 0 Å². The van der Waals surface area contributed by atoms with E-state index in [-0.39, 0.29) is 12.0 Å². The van der Waals surface area contributed by atoms with E-state index in [9.17, 15) is 4.79 Å². The van der Waals surface area contributed by atoms with Gasteiger partial charge >= 0.3 is 0 Å². The number of nitrogens with zero attached hydrogens (tertiary/aromatic N) is 1. The van der Waals surface area contributed by atoms with E-state index in [1.54, 1.807) is 0 Å². The lowest BCUT2D eigenvalue weighted by molar-refractivity contribution is -0.138. The fourth-order valence-electron chi connectivity index (χ4n) is 3.82. The molecule has 4 nitrogen and oxygen atoms in total. The molecular weight excluding hydrogens is 300 g/mol. The average molecular weight is 330 g/mol. The zero-order chi connectivity index (χ0) is 17.1. The quantitative estimate of drug-likeness (QED) is 0.926. The van der Waals surface area contributed by atoms with E-state index >= 15 is 0 Å². The van der Waals surface area contributed by atoms with Gasteiger partial charge in [0.25, 0.3) is 0 Å². The number of hydrogen-bond donors (Lipinski definition) is 1. The predicted octanol–water partition coefficient (Wildman–Crippen LogP) is 3.06. The van der Waals surface area contributed by atoms with E-state index in [4.69, 9.17) is 4.74 Å². The maximum absolute atomic E-state index is 12.7. The average Bonchev–Trinajstić information content (AvgIpc) is 2.58. The maximum Gasteiger partial charge on any atom is 0.225 e. The van der Waals surface area contributed by atoms with Gasteiger partial charge in [0.2, 0.25) is 5.91 Å². The molecule has 2 atom stereocenters. The number of hydrogen-bond acceptors (Lipinski definition) is 3. The summed E-state index contributed by atoms with van der Waals surface area (Å²) in [6, 6.07) is 6.80. The molecule has 1 aromatic carbocycles. The number of rotatable bonds is 3. The van der Waals surface area contributed by atoms with Crippen LogP contribution in [0.5, 0.6) is 5.75 Å². The van der Waals surface area contributed by atoms with Crippen LogP contribution in [0.1, 0.15) is 43.7 Å². The second-order valence-corrected chi connectivity index (χ2v) is 7.49. The summed E-state index contributed by atoms with van der Waals surface area (Å²) in [5, 5.41) is 3.42. The Morgan fingerprint density at radius 1 is 1.21 bits per heavy atom. The van der Waals surface area contributed by atoms with Crippen molar-refractivity contribution in [3.8, 4) is 5.75 Å². The zero-order valence-corrected chi connectivity index (χ0v) is 15.2. The molecule has 0 bridgehead atoms. The van der Waals surface area contributed by atoms with Crippen molar-refractivity contribution in [1.82, 2.24) is 10.2 Å². The minimum atomic E-state index is 0.206. The Balaban J connectivity index is 1.52. The second kappa shape index (κ2) is 7.56. The molecule has 1 N–H and O–H groups in total. The van der Waals surface area contributed by atoms with Crippen molar-refractivity contribution >= 4 is 5.91 Å². The Morgan fingerprint density at radius 2 is 1.96 bits per heavy atom. The summed E-state index contributed by atoms with van der Waals surface area (Å²) in [4.78, 5) is 14.8. The van der Waals surface area contributed by atoms with Crippen LogP contribution in [0.4, 0.5) is 0 Å². The number of carbonyl (C=O) groups is 1. The van der Waals surface area contributed by atoms with Gasteiger partial charge in [-0.3, -0.25) is 4.79 Å². The van der Waals surface area contributed by atoms with Crippen molar-refractivity contribution in [3.63, 3.8) is 0 Å². The first-order valence-electron chi connectivity index (χ1n) is 9.29. The lowest BCUT2D eigenvalue weighted by Gasteiger charge is -2.36. The molecule has 0 radical (unpaired) electrons. The summed E-state index contributed by atoms with van der Waals surface area (Å²) >= 11 is 0. The molecule has 1 aromatic rings. The molecular formula is C20H30N2O2. The van der Waals surface area contributed by atoms with E-state index in [1.807, 2.05) is 0 Å². The van der Waals surface area contributed by atoms with Crippen LogP contribution in [0.3, 0.4) is 0 Å². The second-order valence-electron chi connectivity index (χ2n) is 7.49. The molecule has 24 heavy (non-hydrogen) atoms. The highest BCUT2D eigenvalue weighted by Gasteiger charge is 2.31. The molecule has 2 aliphatic rings. The first kappa shape index (κ1) is 17.3. The Kier molecular flexibility index (Phi) is 5.44. The summed E-state index contributed by atoms with van der Waals surface area (Å²) in [6.07, 6.45) is 4.03. The molecule has 132 valence electrons. The Labute approximate surface area is 145 Å². The van der Waals surface area contributed by atoms with Gasteiger partial charge in [0.1, 0.15) is 11.9 Å². The lowest BCUT2D eigenvalue weighted by Crippen LogP contribution is -2.48. The Hall–Kier alpha value is -1.55. The zero-order valence-electron chi connectivity index (χ0n) is 15.2. The standard InChI is InChI=1S/C20H30N2O2/c1-14-4-5-15(2)19(12-14)24-18-7-10-22(11-8-18)20(23)17-6-9-21-16(3)13-17/h4-5,12,16-18,21H,6-11,13H2,1-3H3/t16-,17-/m0/s1. The summed E-state index contributed by atoms with van der Waals surface area (Å²) in [7, 11) is 0. The third kappa shape index (κ3) is 4.10. The van der Waals surface area contributed by atoms with Gasteiger partial charge in [-0.1, -0.05) is 12.1 Å². The van der Waals surface area contributed by atoms with Crippen molar-refractivity contribution in [2.45, 2.75) is 58.6 Å². The topological polar surface area (TPSA) is 41.6 Å². The smallest absolute Gasteiger partial charge is 0.225 e. The largest absolute Gasteiger partial charge is 0.490 e. The first-order valence-corrected chi connectivity index (χ1v) is 9.29. The van der Waals surface area contributed by atoms with E-state index in [0.29, 0.717) is 11.9 Å². The third-order valence-corrected chi connectivity index (χ3v) is 5.36. The SMILES string of the molecule is Cc1ccc(C)c(OC2CCN(C(=O)[C@H]3CCN[C@@H](C)C3)CC2)c1. The molecule has 2 aliphatic heterocycles. The van der Waals surface area contributed by atoms with Gasteiger partial charge in [-0.2, -0.15) is 0 Å². The van der Waals surface area contributed by atoms with Crippen LogP contribution in [0.2, 0.25) is 0 Å². The number of amides is 1. The molecule has 0 unspecified atom stereocenters. The maximum atomic E-state index is 12.7. The number of aryl methyl sites for hydroxylation is 2. The van der Waals surface area contributed by atoms with Crippen molar-refractivity contribution in [2.24, 2.45) is 5.92 Å². The molecule has 0 saturated carbocycles.